The van der Waals surface area contributed by atoms with Crippen LogP contribution in [0, 0.1) is 11.3 Å². The van der Waals surface area contributed by atoms with E-state index in [2.05, 4.69) is 19.2 Å². The minimum atomic E-state index is 0.706. The van der Waals surface area contributed by atoms with Crippen LogP contribution in [-0.2, 0) is 0 Å². The molecule has 0 aromatic carbocycles. The summed E-state index contributed by atoms with van der Waals surface area (Å²) in [5, 5.41) is 3.73. The van der Waals surface area contributed by atoms with Crippen LogP contribution in [0.4, 0.5) is 0 Å². The van der Waals surface area contributed by atoms with Gasteiger partial charge in [0.25, 0.3) is 0 Å². The molecule has 0 amide bonds. The molecule has 0 heterocycles. The molecule has 82 valence electrons. The van der Waals surface area contributed by atoms with Gasteiger partial charge in [0.05, 0.1) is 0 Å². The Kier molecular flexibility index (Phi) is 3.16. The Morgan fingerprint density at radius 3 is 2.50 bits per heavy atom. The summed E-state index contributed by atoms with van der Waals surface area (Å²) in [5.74, 6) is 0.927. The molecule has 1 nitrogen and oxygen atoms in total. The van der Waals surface area contributed by atoms with Gasteiger partial charge >= 0.3 is 0 Å². The van der Waals surface area contributed by atoms with Gasteiger partial charge in [0.2, 0.25) is 0 Å². The lowest BCUT2D eigenvalue weighted by Crippen LogP contribution is -2.41. The molecule has 2 aliphatic rings. The predicted molar refractivity (Wildman–Crippen MR) is 61.4 cm³/mol. The van der Waals surface area contributed by atoms with Gasteiger partial charge in [-0.05, 0) is 43.4 Å². The van der Waals surface area contributed by atoms with Crippen LogP contribution in [0.3, 0.4) is 0 Å². The summed E-state index contributed by atoms with van der Waals surface area (Å²) in [4.78, 5) is 0. The Balaban J connectivity index is 1.75. The maximum atomic E-state index is 3.73. The van der Waals surface area contributed by atoms with E-state index in [-0.39, 0.29) is 0 Å². The molecule has 2 aliphatic carbocycles. The third kappa shape index (κ3) is 2.50. The lowest BCUT2D eigenvalue weighted by molar-refractivity contribution is 0.0933. The minimum Gasteiger partial charge on any atom is -0.313 e. The fourth-order valence-corrected chi connectivity index (χ4v) is 2.66. The largest absolute Gasteiger partial charge is 0.313 e. The lowest BCUT2D eigenvalue weighted by Gasteiger charge is -2.44. The molecule has 0 radical (unpaired) electrons. The molecule has 14 heavy (non-hydrogen) atoms. The van der Waals surface area contributed by atoms with Gasteiger partial charge in [0, 0.05) is 12.6 Å². The van der Waals surface area contributed by atoms with E-state index < -0.39 is 0 Å². The smallest absolute Gasteiger partial charge is 0.00684 e. The summed E-state index contributed by atoms with van der Waals surface area (Å²) in [6, 6.07) is 0.893. The van der Waals surface area contributed by atoms with Gasteiger partial charge in [0.1, 0.15) is 0 Å². The molecule has 0 bridgehead atoms. The zero-order chi connectivity index (χ0) is 10.0. The van der Waals surface area contributed by atoms with Crippen LogP contribution in [-0.4, -0.2) is 12.6 Å². The zero-order valence-corrected chi connectivity index (χ0v) is 9.81. The summed E-state index contributed by atoms with van der Waals surface area (Å²) in [6.45, 7) is 6.05. The summed E-state index contributed by atoms with van der Waals surface area (Å²) < 4.78 is 0. The molecular weight excluding hydrogens is 170 g/mol. The fraction of sp³-hybridized carbons (Fsp3) is 1.00. The molecule has 0 aromatic heterocycles. The van der Waals surface area contributed by atoms with Crippen molar-refractivity contribution in [2.75, 3.05) is 6.54 Å². The molecule has 2 fully saturated rings. The molecule has 2 saturated carbocycles. The Hall–Kier alpha value is -0.0400. The van der Waals surface area contributed by atoms with Crippen molar-refractivity contribution in [2.24, 2.45) is 11.3 Å². The Bertz CT molecular complexity index is 180. The number of hydrogen-bond acceptors (Lipinski definition) is 1. The molecule has 2 rings (SSSR count). The summed E-state index contributed by atoms with van der Waals surface area (Å²) >= 11 is 0. The quantitative estimate of drug-likeness (QED) is 0.685. The van der Waals surface area contributed by atoms with E-state index >= 15 is 0 Å². The first-order valence-electron chi connectivity index (χ1n) is 6.47. The molecule has 0 aromatic rings. The SMILES string of the molecule is CCC(C)CC1(CNC2CC2)CCC1. The second-order valence-electron chi connectivity index (χ2n) is 5.73. The summed E-state index contributed by atoms with van der Waals surface area (Å²) in [5.41, 5.74) is 0.706. The van der Waals surface area contributed by atoms with E-state index in [4.69, 9.17) is 0 Å². The van der Waals surface area contributed by atoms with Crippen LogP contribution in [0.25, 0.3) is 0 Å². The summed E-state index contributed by atoms with van der Waals surface area (Å²) in [7, 11) is 0. The molecular formula is C13H25N. The molecule has 0 spiro atoms. The topological polar surface area (TPSA) is 12.0 Å². The second-order valence-corrected chi connectivity index (χ2v) is 5.73. The van der Waals surface area contributed by atoms with Gasteiger partial charge in [-0.15, -0.1) is 0 Å². The Morgan fingerprint density at radius 1 is 1.36 bits per heavy atom. The highest BCUT2D eigenvalue weighted by Crippen LogP contribution is 2.46. The van der Waals surface area contributed by atoms with Crippen molar-refractivity contribution in [2.45, 2.75) is 64.8 Å². The maximum Gasteiger partial charge on any atom is 0.00684 e. The lowest BCUT2D eigenvalue weighted by atomic mass is 9.64. The average Bonchev–Trinajstić information content (AvgIpc) is 2.92. The van der Waals surface area contributed by atoms with E-state index in [0.717, 1.165) is 12.0 Å². The molecule has 1 N–H and O–H groups in total. The van der Waals surface area contributed by atoms with Gasteiger partial charge < -0.3 is 5.32 Å². The van der Waals surface area contributed by atoms with E-state index in [1.54, 1.807) is 0 Å². The van der Waals surface area contributed by atoms with Crippen molar-refractivity contribution < 1.29 is 0 Å². The van der Waals surface area contributed by atoms with Crippen molar-refractivity contribution in [1.82, 2.24) is 5.32 Å². The predicted octanol–water partition coefficient (Wildman–Crippen LogP) is 3.34. The van der Waals surface area contributed by atoms with Crippen LogP contribution in [0.1, 0.15) is 58.8 Å². The van der Waals surface area contributed by atoms with Gasteiger partial charge in [-0.3, -0.25) is 0 Å². The Labute approximate surface area is 88.7 Å². The van der Waals surface area contributed by atoms with Crippen LogP contribution in [0.15, 0.2) is 0 Å². The summed E-state index contributed by atoms with van der Waals surface area (Å²) in [6.07, 6.45) is 10.1. The van der Waals surface area contributed by atoms with Crippen LogP contribution in [0.2, 0.25) is 0 Å². The fourth-order valence-electron chi connectivity index (χ4n) is 2.66. The maximum absolute atomic E-state index is 3.73. The van der Waals surface area contributed by atoms with Crippen LogP contribution in [0.5, 0.6) is 0 Å². The monoisotopic (exact) mass is 195 g/mol. The highest BCUT2D eigenvalue weighted by atomic mass is 15.0. The van der Waals surface area contributed by atoms with Crippen molar-refractivity contribution in [3.8, 4) is 0 Å². The molecule has 1 heteroatoms. The van der Waals surface area contributed by atoms with Gasteiger partial charge in [-0.2, -0.15) is 0 Å². The minimum absolute atomic E-state index is 0.706. The van der Waals surface area contributed by atoms with Crippen LogP contribution < -0.4 is 5.32 Å². The van der Waals surface area contributed by atoms with Crippen molar-refractivity contribution in [1.29, 1.82) is 0 Å². The third-order valence-corrected chi connectivity index (χ3v) is 4.24. The highest BCUT2D eigenvalue weighted by molar-refractivity contribution is 4.93. The number of rotatable bonds is 6. The first-order chi connectivity index (χ1) is 6.74. The molecule has 1 unspecified atom stereocenters. The van der Waals surface area contributed by atoms with Crippen molar-refractivity contribution in [3.63, 3.8) is 0 Å². The highest BCUT2D eigenvalue weighted by Gasteiger charge is 2.38. The molecule has 0 saturated heterocycles. The van der Waals surface area contributed by atoms with E-state index in [0.29, 0.717) is 5.41 Å². The molecule has 0 aliphatic heterocycles. The normalized spacial score (nSPS) is 27.0. The van der Waals surface area contributed by atoms with Gasteiger partial charge in [-0.25, -0.2) is 0 Å². The standard InChI is InChI=1S/C13H25N/c1-3-11(2)9-13(7-4-8-13)10-14-12-5-6-12/h11-12,14H,3-10H2,1-2H3. The van der Waals surface area contributed by atoms with Gasteiger partial charge in [0.15, 0.2) is 0 Å². The van der Waals surface area contributed by atoms with E-state index in [9.17, 15) is 0 Å². The van der Waals surface area contributed by atoms with Gasteiger partial charge in [-0.1, -0.05) is 26.7 Å². The van der Waals surface area contributed by atoms with Crippen molar-refractivity contribution in [3.05, 3.63) is 0 Å². The average molecular weight is 195 g/mol. The zero-order valence-electron chi connectivity index (χ0n) is 9.81. The van der Waals surface area contributed by atoms with Crippen LogP contribution >= 0.6 is 0 Å². The van der Waals surface area contributed by atoms with E-state index in [1.807, 2.05) is 0 Å². The Morgan fingerprint density at radius 2 is 2.07 bits per heavy atom. The molecule has 1 atom stereocenters. The number of nitrogens with one attached hydrogen (secondary N) is 1. The first-order valence-corrected chi connectivity index (χ1v) is 6.47. The van der Waals surface area contributed by atoms with Crippen molar-refractivity contribution >= 4 is 0 Å². The third-order valence-electron chi connectivity index (χ3n) is 4.24. The first kappa shape index (κ1) is 10.5. The second kappa shape index (κ2) is 4.22. The van der Waals surface area contributed by atoms with E-state index in [1.165, 1.54) is 51.5 Å². The number of hydrogen-bond donors (Lipinski definition) is 1.